The van der Waals surface area contributed by atoms with E-state index in [0.29, 0.717) is 6.42 Å². The maximum atomic E-state index is 13.6. The second-order valence-electron chi connectivity index (χ2n) is 6.87. The Kier molecular flexibility index (Phi) is 11.8. The van der Waals surface area contributed by atoms with Crippen LogP contribution >= 0.6 is 15.4 Å². The minimum Gasteiger partial charge on any atom is -0.373 e. The van der Waals surface area contributed by atoms with Crippen LogP contribution in [0.15, 0.2) is 34.9 Å². The summed E-state index contributed by atoms with van der Waals surface area (Å²) in [6, 6.07) is 0. The molecule has 0 spiro atoms. The number of ether oxygens (including phenoxy) is 1. The van der Waals surface area contributed by atoms with E-state index in [9.17, 15) is 17.9 Å². The summed E-state index contributed by atoms with van der Waals surface area (Å²) in [5.74, 6) is -1.42. The van der Waals surface area contributed by atoms with Gasteiger partial charge < -0.3 is 19.1 Å². The van der Waals surface area contributed by atoms with Crippen molar-refractivity contribution in [3.8, 4) is 0 Å². The van der Waals surface area contributed by atoms with Crippen LogP contribution in [0.3, 0.4) is 0 Å². The molecule has 0 aromatic rings. The van der Waals surface area contributed by atoms with E-state index < -0.39 is 26.6 Å². The first kappa shape index (κ1) is 26.4. The molecule has 0 aromatic heterocycles. The Hall–Kier alpha value is -0.580. The van der Waals surface area contributed by atoms with Crippen LogP contribution in [-0.4, -0.2) is 28.1 Å². The first-order chi connectivity index (χ1) is 12.3. The first-order valence-corrected chi connectivity index (χ1v) is 11.9. The lowest BCUT2D eigenvalue weighted by Crippen LogP contribution is -2.18. The smallest absolute Gasteiger partial charge is 0.373 e. The van der Waals surface area contributed by atoms with E-state index in [-0.39, 0.29) is 6.42 Å². The van der Waals surface area contributed by atoms with Crippen molar-refractivity contribution in [2.75, 3.05) is 7.11 Å². The van der Waals surface area contributed by atoms with Gasteiger partial charge in [-0.15, -0.1) is 0 Å². The molecule has 0 fully saturated rings. The summed E-state index contributed by atoms with van der Waals surface area (Å²) < 4.78 is 54.7. The normalized spacial score (nSPS) is 16.2. The fraction of sp³-hybridized carbons (Fsp3) is 0.667. The van der Waals surface area contributed by atoms with Gasteiger partial charge in [0.2, 0.25) is 0 Å². The molecule has 2 atom stereocenters. The van der Waals surface area contributed by atoms with Crippen molar-refractivity contribution in [2.24, 2.45) is 0 Å². The Morgan fingerprint density at radius 1 is 1.07 bits per heavy atom. The lowest BCUT2D eigenvalue weighted by Gasteiger charge is -2.22. The van der Waals surface area contributed by atoms with Crippen molar-refractivity contribution in [2.45, 2.75) is 71.0 Å². The fourth-order valence-corrected chi connectivity index (χ4v) is 4.81. The Balaban J connectivity index is 4.68. The average molecular weight is 428 g/mol. The fourth-order valence-electron chi connectivity index (χ4n) is 2.29. The maximum Gasteiger partial charge on any atom is 0.402 e. The zero-order chi connectivity index (χ0) is 21.3. The minimum absolute atomic E-state index is 0.0843. The van der Waals surface area contributed by atoms with Crippen LogP contribution < -0.4 is 0 Å². The first-order valence-electron chi connectivity index (χ1n) is 8.78. The molecule has 0 aliphatic rings. The van der Waals surface area contributed by atoms with Crippen molar-refractivity contribution in [1.82, 2.24) is 0 Å². The molecule has 0 radical (unpaired) electrons. The number of hydrogen-bond donors (Lipinski definition) is 2. The molecule has 5 nitrogen and oxygen atoms in total. The Morgan fingerprint density at radius 3 is 2.00 bits per heavy atom. The summed E-state index contributed by atoms with van der Waals surface area (Å²) in [4.78, 5) is 17.4. The minimum atomic E-state index is -5.80. The van der Waals surface area contributed by atoms with Crippen LogP contribution in [-0.2, 0) is 13.9 Å². The topological polar surface area (TPSA) is 83.8 Å². The van der Waals surface area contributed by atoms with Gasteiger partial charge in [-0.1, -0.05) is 34.9 Å². The van der Waals surface area contributed by atoms with E-state index in [0.717, 1.165) is 31.9 Å². The molecule has 0 rings (SSSR count). The summed E-state index contributed by atoms with van der Waals surface area (Å²) in [6.07, 6.45) is 9.37. The van der Waals surface area contributed by atoms with Crippen molar-refractivity contribution < 1.29 is 32.4 Å². The monoisotopic (exact) mass is 428 g/mol. The lowest BCUT2D eigenvalue weighted by atomic mass is 10.1. The number of hydrogen-bond acceptors (Lipinski definition) is 3. The average Bonchev–Trinajstić information content (AvgIpc) is 2.53. The summed E-state index contributed by atoms with van der Waals surface area (Å²) in [5, 5.41) is -4.56. The van der Waals surface area contributed by atoms with Crippen LogP contribution in [0.1, 0.15) is 59.8 Å². The van der Waals surface area contributed by atoms with Crippen LogP contribution in [0.2, 0.25) is 0 Å². The van der Waals surface area contributed by atoms with Gasteiger partial charge in [-0.2, -0.15) is 8.78 Å². The SMILES string of the molecule is COC(C/C=C(\C)CC/C=C(\C)CCC=C(C)C)[PH](=O)C(F)(F)P(=O)(O)O. The molecule has 2 unspecified atom stereocenters. The molecule has 9 heteroatoms. The Labute approximate surface area is 161 Å². The molecule has 0 aliphatic heterocycles. The Morgan fingerprint density at radius 2 is 1.56 bits per heavy atom. The van der Waals surface area contributed by atoms with Crippen LogP contribution in [0.5, 0.6) is 0 Å². The van der Waals surface area contributed by atoms with Gasteiger partial charge in [0.05, 0.1) is 0 Å². The number of halogens is 2. The highest BCUT2D eigenvalue weighted by Crippen LogP contribution is 2.66. The quantitative estimate of drug-likeness (QED) is 0.292. The molecule has 0 heterocycles. The van der Waals surface area contributed by atoms with Crippen LogP contribution in [0.4, 0.5) is 8.78 Å². The lowest BCUT2D eigenvalue weighted by molar-refractivity contribution is 0.117. The molecule has 2 N–H and O–H groups in total. The van der Waals surface area contributed by atoms with Gasteiger partial charge in [0.25, 0.3) is 0 Å². The van der Waals surface area contributed by atoms with Gasteiger partial charge in [0.1, 0.15) is 5.85 Å². The maximum absolute atomic E-state index is 13.6. The third-order valence-electron chi connectivity index (χ3n) is 4.04. The predicted octanol–water partition coefficient (Wildman–Crippen LogP) is 6.06. The molecular formula is C18H32F2O5P2. The molecular weight excluding hydrogens is 396 g/mol. The second-order valence-corrected chi connectivity index (χ2v) is 10.9. The summed E-state index contributed by atoms with van der Waals surface area (Å²) >= 11 is 0. The van der Waals surface area contributed by atoms with E-state index >= 15 is 0 Å². The molecule has 0 aliphatic carbocycles. The third-order valence-corrected chi connectivity index (χ3v) is 7.96. The van der Waals surface area contributed by atoms with Crippen molar-refractivity contribution in [3.63, 3.8) is 0 Å². The van der Waals surface area contributed by atoms with E-state index in [1.54, 1.807) is 6.08 Å². The van der Waals surface area contributed by atoms with E-state index in [1.165, 1.54) is 11.1 Å². The summed E-state index contributed by atoms with van der Waals surface area (Å²) in [6.45, 7) is 8.02. The number of rotatable bonds is 12. The van der Waals surface area contributed by atoms with Crippen LogP contribution in [0, 0.1) is 0 Å². The second kappa shape index (κ2) is 12.1. The van der Waals surface area contributed by atoms with Gasteiger partial charge in [0, 0.05) is 7.11 Å². The molecule has 158 valence electrons. The van der Waals surface area contributed by atoms with E-state index in [4.69, 9.17) is 14.5 Å². The molecule has 0 amide bonds. The highest BCUT2D eigenvalue weighted by Gasteiger charge is 2.56. The molecule has 27 heavy (non-hydrogen) atoms. The number of allylic oxidation sites excluding steroid dienone is 5. The van der Waals surface area contributed by atoms with Crippen molar-refractivity contribution in [1.29, 1.82) is 0 Å². The summed E-state index contributed by atoms with van der Waals surface area (Å²) in [7, 11) is -8.68. The van der Waals surface area contributed by atoms with Crippen molar-refractivity contribution in [3.05, 3.63) is 34.9 Å². The zero-order valence-electron chi connectivity index (χ0n) is 16.7. The Bertz CT molecular complexity index is 632. The predicted molar refractivity (Wildman–Crippen MR) is 107 cm³/mol. The standard InChI is InChI=1S/C18H32F2O5P2/c1-14(2)8-6-9-15(3)10-7-11-16(4)12-13-17(25-5)26(21)18(19,20)27(22,23)24/h8,10,12,17,26H,6-7,9,11,13H2,1-5H3,(H2,22,23,24)/b15-10+,16-12+. The number of alkyl halides is 2. The van der Waals surface area contributed by atoms with Gasteiger partial charge in [-0.25, -0.2) is 0 Å². The van der Waals surface area contributed by atoms with E-state index in [1.807, 2.05) is 6.92 Å². The summed E-state index contributed by atoms with van der Waals surface area (Å²) in [5.41, 5.74) is 3.49. The van der Waals surface area contributed by atoms with Gasteiger partial charge in [0.15, 0.2) is 7.80 Å². The van der Waals surface area contributed by atoms with E-state index in [2.05, 4.69) is 32.9 Å². The molecule has 0 aromatic carbocycles. The third kappa shape index (κ3) is 9.96. The van der Waals surface area contributed by atoms with Gasteiger partial charge in [-0.05, 0) is 59.8 Å². The van der Waals surface area contributed by atoms with Gasteiger partial charge >= 0.3 is 13.0 Å². The number of methoxy groups -OCH3 is 1. The highest BCUT2D eigenvalue weighted by atomic mass is 31.2. The van der Waals surface area contributed by atoms with Crippen molar-refractivity contribution >= 4 is 15.4 Å². The molecule has 0 bridgehead atoms. The van der Waals surface area contributed by atoms with Gasteiger partial charge in [-0.3, -0.25) is 4.57 Å². The molecule has 0 saturated heterocycles. The largest absolute Gasteiger partial charge is 0.402 e. The van der Waals surface area contributed by atoms with Crippen LogP contribution in [0.25, 0.3) is 0 Å². The molecule has 0 saturated carbocycles. The zero-order valence-corrected chi connectivity index (χ0v) is 18.6. The highest BCUT2D eigenvalue weighted by molar-refractivity contribution is 7.68.